The van der Waals surface area contributed by atoms with Gasteiger partial charge in [-0.25, -0.2) is 0 Å². The van der Waals surface area contributed by atoms with Gasteiger partial charge in [0.25, 0.3) is 0 Å². The summed E-state index contributed by atoms with van der Waals surface area (Å²) in [6, 6.07) is 10.1. The third kappa shape index (κ3) is 2.31. The van der Waals surface area contributed by atoms with Gasteiger partial charge in [0.2, 0.25) is 0 Å². The maximum atomic E-state index is 4.36. The van der Waals surface area contributed by atoms with Gasteiger partial charge in [-0.2, -0.15) is 5.10 Å². The number of hydrogen-bond donors (Lipinski definition) is 1. The number of hydrazone groups is 1. The molecule has 68 valence electrons. The van der Waals surface area contributed by atoms with Crippen molar-refractivity contribution in [1.29, 1.82) is 0 Å². The molecule has 1 aliphatic rings. The molecule has 2 rings (SSSR count). The Balaban J connectivity index is 1.95. The minimum Gasteiger partial charge on any atom is -0.279 e. The number of benzene rings is 1. The van der Waals surface area contributed by atoms with Gasteiger partial charge in [-0.15, -0.1) is 0 Å². The van der Waals surface area contributed by atoms with Gasteiger partial charge in [0.05, 0.1) is 5.69 Å². The molecule has 1 aliphatic carbocycles. The van der Waals surface area contributed by atoms with Crippen molar-refractivity contribution < 1.29 is 0 Å². The molecule has 0 radical (unpaired) electrons. The van der Waals surface area contributed by atoms with Crippen LogP contribution in [-0.2, 0) is 0 Å². The third-order valence-corrected chi connectivity index (χ3v) is 2.30. The molecule has 1 saturated carbocycles. The first kappa shape index (κ1) is 8.30. The second-order valence-electron chi connectivity index (χ2n) is 3.36. The molecule has 0 bridgehead atoms. The van der Waals surface area contributed by atoms with Gasteiger partial charge in [0.1, 0.15) is 0 Å². The van der Waals surface area contributed by atoms with Crippen molar-refractivity contribution in [1.82, 2.24) is 0 Å². The highest BCUT2D eigenvalue weighted by Gasteiger charge is 2.07. The summed E-state index contributed by atoms with van der Waals surface area (Å²) in [5.41, 5.74) is 5.45. The van der Waals surface area contributed by atoms with Crippen LogP contribution in [0.5, 0.6) is 0 Å². The number of hydrogen-bond acceptors (Lipinski definition) is 2. The van der Waals surface area contributed by atoms with Crippen LogP contribution in [0.4, 0.5) is 5.69 Å². The van der Waals surface area contributed by atoms with Crippen LogP contribution >= 0.6 is 0 Å². The van der Waals surface area contributed by atoms with Gasteiger partial charge in [0.15, 0.2) is 0 Å². The van der Waals surface area contributed by atoms with E-state index in [4.69, 9.17) is 0 Å². The Labute approximate surface area is 78.7 Å². The summed E-state index contributed by atoms with van der Waals surface area (Å²) in [5.74, 6) is 0. The molecular weight excluding hydrogens is 160 g/mol. The number of nitrogens with zero attached hydrogens (tertiary/aromatic N) is 1. The first-order valence-corrected chi connectivity index (χ1v) is 4.82. The summed E-state index contributed by atoms with van der Waals surface area (Å²) in [4.78, 5) is 0. The smallest absolute Gasteiger partial charge is 0.0561 e. The zero-order valence-electron chi connectivity index (χ0n) is 7.66. The van der Waals surface area contributed by atoms with E-state index >= 15 is 0 Å². The Hall–Kier alpha value is -1.31. The molecule has 0 atom stereocenters. The van der Waals surface area contributed by atoms with Gasteiger partial charge in [-0.3, -0.25) is 5.43 Å². The fourth-order valence-electron chi connectivity index (χ4n) is 1.55. The number of anilines is 1. The zero-order valence-corrected chi connectivity index (χ0v) is 7.66. The average molecular weight is 174 g/mol. The first-order valence-electron chi connectivity index (χ1n) is 4.82. The normalized spacial score (nSPS) is 15.8. The van der Waals surface area contributed by atoms with E-state index in [-0.39, 0.29) is 0 Å². The van der Waals surface area contributed by atoms with Crippen molar-refractivity contribution >= 4 is 11.4 Å². The standard InChI is InChI=1S/C11H14N2/c1-2-6-10(7-3-1)12-13-11-8-4-5-9-11/h1-3,6-7,12H,4-5,8-9H2. The Morgan fingerprint density at radius 2 is 1.69 bits per heavy atom. The topological polar surface area (TPSA) is 24.4 Å². The zero-order chi connectivity index (χ0) is 8.93. The SMILES string of the molecule is c1ccc(NN=C2CCCC2)cc1. The molecule has 1 aromatic rings. The minimum absolute atomic E-state index is 1.07. The van der Waals surface area contributed by atoms with Crippen molar-refractivity contribution in [3.63, 3.8) is 0 Å². The highest BCUT2D eigenvalue weighted by molar-refractivity contribution is 5.86. The second kappa shape index (κ2) is 4.08. The summed E-state index contributed by atoms with van der Waals surface area (Å²) < 4.78 is 0. The molecule has 0 heterocycles. The van der Waals surface area contributed by atoms with E-state index in [2.05, 4.69) is 10.5 Å². The van der Waals surface area contributed by atoms with E-state index in [9.17, 15) is 0 Å². The van der Waals surface area contributed by atoms with E-state index < -0.39 is 0 Å². The molecule has 2 nitrogen and oxygen atoms in total. The van der Waals surface area contributed by atoms with Crippen LogP contribution in [0.1, 0.15) is 25.7 Å². The summed E-state index contributed by atoms with van der Waals surface area (Å²) in [6.45, 7) is 0. The minimum atomic E-state index is 1.07. The maximum Gasteiger partial charge on any atom is 0.0561 e. The van der Waals surface area contributed by atoms with Crippen molar-refractivity contribution in [2.45, 2.75) is 25.7 Å². The van der Waals surface area contributed by atoms with Crippen molar-refractivity contribution in [2.75, 3.05) is 5.43 Å². The highest BCUT2D eigenvalue weighted by Crippen LogP contribution is 2.15. The summed E-state index contributed by atoms with van der Waals surface area (Å²) in [7, 11) is 0. The van der Waals surface area contributed by atoms with E-state index in [1.54, 1.807) is 0 Å². The molecule has 0 unspecified atom stereocenters. The predicted molar refractivity (Wildman–Crippen MR) is 56.0 cm³/mol. The van der Waals surface area contributed by atoms with Crippen LogP contribution in [-0.4, -0.2) is 5.71 Å². The van der Waals surface area contributed by atoms with Crippen molar-refractivity contribution in [3.05, 3.63) is 30.3 Å². The second-order valence-corrected chi connectivity index (χ2v) is 3.36. The number of para-hydroxylation sites is 1. The largest absolute Gasteiger partial charge is 0.279 e. The Kier molecular flexibility index (Phi) is 2.60. The van der Waals surface area contributed by atoms with Gasteiger partial charge < -0.3 is 0 Å². The van der Waals surface area contributed by atoms with Gasteiger partial charge in [-0.05, 0) is 37.8 Å². The monoisotopic (exact) mass is 174 g/mol. The fraction of sp³-hybridized carbons (Fsp3) is 0.364. The summed E-state index contributed by atoms with van der Waals surface area (Å²) in [5, 5.41) is 4.36. The average Bonchev–Trinajstić information content (AvgIpc) is 2.69. The number of rotatable bonds is 2. The quantitative estimate of drug-likeness (QED) is 0.685. The molecule has 2 heteroatoms. The van der Waals surface area contributed by atoms with Gasteiger partial charge >= 0.3 is 0 Å². The molecule has 1 N–H and O–H groups in total. The van der Waals surface area contributed by atoms with Crippen LogP contribution in [0, 0.1) is 0 Å². The van der Waals surface area contributed by atoms with E-state index in [1.165, 1.54) is 31.4 Å². The molecule has 13 heavy (non-hydrogen) atoms. The first-order chi connectivity index (χ1) is 6.45. The lowest BCUT2D eigenvalue weighted by atomic mass is 10.3. The molecule has 0 saturated heterocycles. The van der Waals surface area contributed by atoms with E-state index in [0.717, 1.165) is 5.69 Å². The third-order valence-electron chi connectivity index (χ3n) is 2.30. The Bertz CT molecular complexity index is 282. The molecule has 1 fully saturated rings. The van der Waals surface area contributed by atoms with E-state index in [1.807, 2.05) is 30.3 Å². The molecule has 0 aliphatic heterocycles. The number of nitrogens with one attached hydrogen (secondary N) is 1. The summed E-state index contributed by atoms with van der Waals surface area (Å²) in [6.07, 6.45) is 4.93. The molecule has 0 aromatic heterocycles. The lowest BCUT2D eigenvalue weighted by Crippen LogP contribution is -1.95. The molecular formula is C11H14N2. The lowest BCUT2D eigenvalue weighted by Gasteiger charge is -2.00. The predicted octanol–water partition coefficient (Wildman–Crippen LogP) is 3.03. The van der Waals surface area contributed by atoms with Crippen LogP contribution < -0.4 is 5.43 Å². The molecule has 0 amide bonds. The maximum absolute atomic E-state index is 4.36. The van der Waals surface area contributed by atoms with Crippen LogP contribution in [0.2, 0.25) is 0 Å². The van der Waals surface area contributed by atoms with Crippen LogP contribution in [0.25, 0.3) is 0 Å². The Morgan fingerprint density at radius 1 is 1.00 bits per heavy atom. The van der Waals surface area contributed by atoms with Gasteiger partial charge in [0, 0.05) is 5.71 Å². The molecule has 1 aromatic carbocycles. The highest BCUT2D eigenvalue weighted by atomic mass is 15.3. The van der Waals surface area contributed by atoms with Crippen LogP contribution in [0.15, 0.2) is 35.4 Å². The Morgan fingerprint density at radius 3 is 2.38 bits per heavy atom. The van der Waals surface area contributed by atoms with Crippen LogP contribution in [0.3, 0.4) is 0 Å². The van der Waals surface area contributed by atoms with E-state index in [0.29, 0.717) is 0 Å². The van der Waals surface area contributed by atoms with Crippen molar-refractivity contribution in [2.24, 2.45) is 5.10 Å². The van der Waals surface area contributed by atoms with Gasteiger partial charge in [-0.1, -0.05) is 18.2 Å². The fourth-order valence-corrected chi connectivity index (χ4v) is 1.55. The lowest BCUT2D eigenvalue weighted by molar-refractivity contribution is 0.886. The van der Waals surface area contributed by atoms with Crippen molar-refractivity contribution in [3.8, 4) is 0 Å². The summed E-state index contributed by atoms with van der Waals surface area (Å²) >= 11 is 0. The molecule has 0 spiro atoms.